The second-order valence-electron chi connectivity index (χ2n) is 5.64. The van der Waals surface area contributed by atoms with Gasteiger partial charge in [-0.05, 0) is 25.0 Å². The number of ketones is 1. The second-order valence-corrected chi connectivity index (χ2v) is 5.64. The summed E-state index contributed by atoms with van der Waals surface area (Å²) in [6.07, 6.45) is 5.52. The van der Waals surface area contributed by atoms with Gasteiger partial charge in [0.15, 0.2) is 0 Å². The molecule has 0 atom stereocenters. The van der Waals surface area contributed by atoms with Crippen molar-refractivity contribution in [2.45, 2.75) is 87.5 Å². The molecule has 23 heavy (non-hydrogen) atoms. The van der Waals surface area contributed by atoms with Crippen molar-refractivity contribution in [2.75, 3.05) is 0 Å². The van der Waals surface area contributed by atoms with Gasteiger partial charge in [0.05, 0.1) is 0 Å². The predicted molar refractivity (Wildman–Crippen MR) is 102 cm³/mol. The average Bonchev–Trinajstić information content (AvgIpc) is 2.53. The molecule has 0 unspecified atom stereocenters. The van der Waals surface area contributed by atoms with Gasteiger partial charge in [0, 0.05) is 12.8 Å². The summed E-state index contributed by atoms with van der Waals surface area (Å²) in [7, 11) is 0. The number of aryl methyl sites for hydroxylation is 1. The summed E-state index contributed by atoms with van der Waals surface area (Å²) in [5.41, 5.74) is 1.09. The van der Waals surface area contributed by atoms with Crippen molar-refractivity contribution < 1.29 is 9.18 Å². The Balaban J connectivity index is -0.000000254. The highest BCUT2D eigenvalue weighted by atomic mass is 19.1. The first-order valence-corrected chi connectivity index (χ1v) is 9.11. The van der Waals surface area contributed by atoms with Crippen LogP contribution < -0.4 is 0 Å². The molecule has 0 N–H and O–H groups in total. The molecule has 0 saturated carbocycles. The normalized spacial score (nSPS) is 8.78. The van der Waals surface area contributed by atoms with Crippen molar-refractivity contribution in [1.82, 2.24) is 0 Å². The van der Waals surface area contributed by atoms with Crippen LogP contribution in [0.1, 0.15) is 86.1 Å². The zero-order valence-corrected chi connectivity index (χ0v) is 16.7. The molecule has 2 heteroatoms. The number of Topliss-reactive ketones (excluding diaryl/α,β-unsaturated/α-hetero) is 1. The molecule has 0 radical (unpaired) electrons. The molecule has 0 bridgehead atoms. The van der Waals surface area contributed by atoms with Gasteiger partial charge < -0.3 is 0 Å². The maximum atomic E-state index is 12.1. The molecule has 1 nitrogen and oxygen atoms in total. The lowest BCUT2D eigenvalue weighted by Gasteiger charge is -1.98. The molecule has 0 aliphatic carbocycles. The fraction of sp³-hybridized carbons (Fsp3) is 0.667. The summed E-state index contributed by atoms with van der Waals surface area (Å²) in [5.74, 6) is 0.734. The van der Waals surface area contributed by atoms with Crippen LogP contribution in [-0.2, 0) is 4.79 Å². The van der Waals surface area contributed by atoms with Gasteiger partial charge in [-0.25, -0.2) is 4.39 Å². The van der Waals surface area contributed by atoms with Crippen LogP contribution in [0.25, 0.3) is 0 Å². The van der Waals surface area contributed by atoms with E-state index >= 15 is 0 Å². The van der Waals surface area contributed by atoms with E-state index in [1.807, 2.05) is 27.7 Å². The third kappa shape index (κ3) is 26.1. The fourth-order valence-corrected chi connectivity index (χ4v) is 1.49. The van der Waals surface area contributed by atoms with Crippen LogP contribution in [0.15, 0.2) is 24.3 Å². The number of unbranched alkanes of at least 4 members (excludes halogenated alkanes) is 2. The summed E-state index contributed by atoms with van der Waals surface area (Å²) in [5, 5.41) is 0. The Morgan fingerprint density at radius 3 is 1.61 bits per heavy atom. The number of rotatable bonds is 5. The van der Waals surface area contributed by atoms with Gasteiger partial charge in [-0.15, -0.1) is 0 Å². The average molecular weight is 327 g/mol. The number of hydrogen-bond acceptors (Lipinski definition) is 1. The van der Waals surface area contributed by atoms with Crippen molar-refractivity contribution in [3.63, 3.8) is 0 Å². The van der Waals surface area contributed by atoms with Gasteiger partial charge in [0.2, 0.25) is 0 Å². The third-order valence-corrected chi connectivity index (χ3v) is 2.75. The van der Waals surface area contributed by atoms with Gasteiger partial charge >= 0.3 is 0 Å². The van der Waals surface area contributed by atoms with Crippen molar-refractivity contribution in [2.24, 2.45) is 5.92 Å². The maximum Gasteiger partial charge on any atom is 0.132 e. The number of halogens is 1. The van der Waals surface area contributed by atoms with Gasteiger partial charge in [-0.1, -0.05) is 85.4 Å². The largest absolute Gasteiger partial charge is 0.300 e. The van der Waals surface area contributed by atoms with E-state index in [0.717, 1.165) is 12.0 Å². The molecule has 0 aliphatic heterocycles. The van der Waals surface area contributed by atoms with Crippen LogP contribution in [0.2, 0.25) is 0 Å². The van der Waals surface area contributed by atoms with E-state index in [4.69, 9.17) is 0 Å². The fourth-order valence-electron chi connectivity index (χ4n) is 1.49. The topological polar surface area (TPSA) is 17.1 Å². The highest BCUT2D eigenvalue weighted by molar-refractivity contribution is 5.78. The van der Waals surface area contributed by atoms with Gasteiger partial charge in [-0.3, -0.25) is 4.79 Å². The zero-order chi connectivity index (χ0) is 18.7. The molecule has 0 saturated heterocycles. The van der Waals surface area contributed by atoms with Crippen LogP contribution in [0, 0.1) is 18.7 Å². The molecule has 0 aromatic heterocycles. The first-order chi connectivity index (χ1) is 10.9. The standard InChI is InChI=1S/C7H7F.C7H14O.C5H12.C2H6/c1-6-2-4-7(8)5-3-6;1-4-7(8)5-6(2)3;1-3-5-4-2;1-2/h2-5H,1H3;6H,4-5H2,1-3H3;3-5H2,1-2H3;1-2H3. The summed E-state index contributed by atoms with van der Waals surface area (Å²) < 4.78 is 12.1. The third-order valence-electron chi connectivity index (χ3n) is 2.75. The SMILES string of the molecule is CC.CCC(=O)CC(C)C.CCCCC.Cc1ccc(F)cc1. The van der Waals surface area contributed by atoms with E-state index in [9.17, 15) is 9.18 Å². The van der Waals surface area contributed by atoms with Crippen molar-refractivity contribution in [3.8, 4) is 0 Å². The van der Waals surface area contributed by atoms with E-state index in [0.29, 0.717) is 18.1 Å². The Morgan fingerprint density at radius 1 is 1.00 bits per heavy atom. The maximum absolute atomic E-state index is 12.1. The van der Waals surface area contributed by atoms with E-state index in [1.54, 1.807) is 12.1 Å². The molecule has 0 spiro atoms. The molecule has 1 rings (SSSR count). The van der Waals surface area contributed by atoms with Crippen molar-refractivity contribution in [3.05, 3.63) is 35.6 Å². The number of benzene rings is 1. The number of hydrogen-bond donors (Lipinski definition) is 0. The summed E-state index contributed by atoms with van der Waals surface area (Å²) >= 11 is 0. The minimum Gasteiger partial charge on any atom is -0.300 e. The highest BCUT2D eigenvalue weighted by Gasteiger charge is 1.99. The lowest BCUT2D eigenvalue weighted by Crippen LogP contribution is -1.99. The van der Waals surface area contributed by atoms with Crippen molar-refractivity contribution >= 4 is 5.78 Å². The first-order valence-electron chi connectivity index (χ1n) is 9.11. The van der Waals surface area contributed by atoms with E-state index in [-0.39, 0.29) is 5.82 Å². The predicted octanol–water partition coefficient (Wildman–Crippen LogP) is 7.37. The van der Waals surface area contributed by atoms with Crippen LogP contribution in [0.3, 0.4) is 0 Å². The summed E-state index contributed by atoms with van der Waals surface area (Å²) in [6, 6.07) is 6.40. The molecular weight excluding hydrogens is 287 g/mol. The lowest BCUT2D eigenvalue weighted by molar-refractivity contribution is -0.119. The molecule has 0 fully saturated rings. The van der Waals surface area contributed by atoms with Crippen LogP contribution in [0.5, 0.6) is 0 Å². The molecule has 1 aromatic rings. The minimum atomic E-state index is -0.171. The number of carbonyl (C=O) groups excluding carboxylic acids is 1. The van der Waals surface area contributed by atoms with E-state index in [2.05, 4.69) is 27.7 Å². The van der Waals surface area contributed by atoms with Crippen LogP contribution in [-0.4, -0.2) is 5.78 Å². The Hall–Kier alpha value is -1.18. The van der Waals surface area contributed by atoms with Crippen molar-refractivity contribution in [1.29, 1.82) is 0 Å². The Labute approximate surface area is 144 Å². The monoisotopic (exact) mass is 326 g/mol. The molecule has 0 aliphatic rings. The quantitative estimate of drug-likeness (QED) is 0.552. The Morgan fingerprint density at radius 2 is 1.43 bits per heavy atom. The smallest absolute Gasteiger partial charge is 0.132 e. The van der Waals surface area contributed by atoms with Crippen LogP contribution in [0.4, 0.5) is 4.39 Å². The Bertz CT molecular complexity index is 318. The second kappa shape index (κ2) is 20.8. The molecule has 136 valence electrons. The minimum absolute atomic E-state index is 0.171. The molecule has 0 heterocycles. The lowest BCUT2D eigenvalue weighted by atomic mass is 10.1. The van der Waals surface area contributed by atoms with Gasteiger partial charge in [0.1, 0.15) is 11.6 Å². The first kappa shape index (κ1) is 26.7. The zero-order valence-electron chi connectivity index (χ0n) is 16.7. The molecule has 0 amide bonds. The summed E-state index contributed by atoms with van der Waals surface area (Å²) in [4.78, 5) is 10.6. The van der Waals surface area contributed by atoms with E-state index < -0.39 is 0 Å². The van der Waals surface area contributed by atoms with Gasteiger partial charge in [0.25, 0.3) is 0 Å². The highest BCUT2D eigenvalue weighted by Crippen LogP contribution is 2.01. The number of carbonyl (C=O) groups is 1. The van der Waals surface area contributed by atoms with Gasteiger partial charge in [-0.2, -0.15) is 0 Å². The summed E-state index contributed by atoms with van der Waals surface area (Å²) in [6.45, 7) is 16.4. The molecule has 1 aromatic carbocycles. The van der Waals surface area contributed by atoms with Crippen LogP contribution >= 0.6 is 0 Å². The Kier molecular flexibility index (Phi) is 24.2. The van der Waals surface area contributed by atoms with E-state index in [1.165, 1.54) is 31.4 Å². The molecular formula is C21H39FO.